The van der Waals surface area contributed by atoms with E-state index >= 15 is 0 Å². The first-order valence-electron chi connectivity index (χ1n) is 7.95. The fourth-order valence-electron chi connectivity index (χ4n) is 3.20. The molecule has 4 aliphatic rings. The Morgan fingerprint density at radius 2 is 0.606 bits per heavy atom. The molecule has 6 rings (SSSR count). The number of rotatable bonds is 1. The van der Waals surface area contributed by atoms with Crippen molar-refractivity contribution in [1.29, 1.82) is 0 Å². The summed E-state index contributed by atoms with van der Waals surface area (Å²) in [5, 5.41) is 0. The van der Waals surface area contributed by atoms with Gasteiger partial charge >= 0.3 is 23.7 Å². The molecule has 0 saturated carbocycles. The Morgan fingerprint density at radius 3 is 0.879 bits per heavy atom. The molecule has 0 heterocycles. The first-order chi connectivity index (χ1) is 14.8. The van der Waals surface area contributed by atoms with E-state index in [9.17, 15) is 65.9 Å². The van der Waals surface area contributed by atoms with E-state index in [1.165, 1.54) is 0 Å². The third-order valence-electron chi connectivity index (χ3n) is 4.79. The van der Waals surface area contributed by atoms with Crippen LogP contribution in [0.5, 0.6) is 5.75 Å². The van der Waals surface area contributed by atoms with Crippen LogP contribution < -0.4 is 4.74 Å². The lowest BCUT2D eigenvalue weighted by atomic mass is 9.86. The highest BCUT2D eigenvalue weighted by Gasteiger charge is 2.70. The summed E-state index contributed by atoms with van der Waals surface area (Å²) >= 11 is 0. The van der Waals surface area contributed by atoms with E-state index in [0.29, 0.717) is 0 Å². The molecule has 0 aliphatic heterocycles. The number of hydrogen-bond donors (Lipinski definition) is 0. The average molecular weight is 508 g/mol. The van der Waals surface area contributed by atoms with Crippen LogP contribution in [-0.4, -0.2) is 7.11 Å². The monoisotopic (exact) mass is 508 g/mol. The molecule has 0 atom stereocenters. The predicted octanol–water partition coefficient (Wildman–Crippen LogP) is 6.75. The summed E-state index contributed by atoms with van der Waals surface area (Å²) in [4.78, 5) is 0. The van der Waals surface area contributed by atoms with Gasteiger partial charge in [0.1, 0.15) is 22.3 Å². The second-order valence-corrected chi connectivity index (χ2v) is 6.53. The largest absolute Gasteiger partial charge is 0.493 e. The molecule has 0 saturated heterocycles. The molecule has 0 spiro atoms. The lowest BCUT2D eigenvalue weighted by molar-refractivity contribution is -0.236. The third-order valence-corrected chi connectivity index (χ3v) is 4.79. The predicted molar refractivity (Wildman–Crippen MR) is 74.7 cm³/mol. The first kappa shape index (κ1) is 24.8. The van der Waals surface area contributed by atoms with Crippen LogP contribution in [0.2, 0.25) is 0 Å². The third kappa shape index (κ3) is 2.71. The molecule has 0 unspecified atom stereocenters. The van der Waals surface area contributed by atoms with Crippen LogP contribution in [-0.2, 0) is 23.7 Å². The van der Waals surface area contributed by atoms with Gasteiger partial charge in [0, 0.05) is 0 Å². The van der Waals surface area contributed by atoms with Gasteiger partial charge in [-0.25, -0.2) is 30.7 Å². The van der Waals surface area contributed by atoms with Gasteiger partial charge in [-0.15, -0.1) is 0 Å². The molecule has 2 aromatic carbocycles. The van der Waals surface area contributed by atoms with Gasteiger partial charge < -0.3 is 4.74 Å². The molecule has 0 amide bonds. The molecule has 0 aromatic heterocycles. The highest BCUT2D eigenvalue weighted by Crippen LogP contribution is 2.60. The minimum atomic E-state index is -6.71. The summed E-state index contributed by atoms with van der Waals surface area (Å²) < 4.78 is 219. The molecular formula is C17H3F15O. The fraction of sp³-hybridized carbons (Fsp3) is 0.294. The molecule has 0 fully saturated rings. The summed E-state index contributed by atoms with van der Waals surface area (Å²) in [6.07, 6.45) is 0. The maximum atomic E-state index is 14.6. The zero-order valence-electron chi connectivity index (χ0n) is 15.1. The van der Waals surface area contributed by atoms with Crippen molar-refractivity contribution in [3.05, 3.63) is 63.0 Å². The molecule has 33 heavy (non-hydrogen) atoms. The van der Waals surface area contributed by atoms with E-state index in [-0.39, 0.29) is 7.11 Å². The zero-order chi connectivity index (χ0) is 25.6. The number of benzene rings is 2. The Labute approximate surface area is 171 Å². The fourth-order valence-corrected chi connectivity index (χ4v) is 3.20. The van der Waals surface area contributed by atoms with E-state index < -0.39 is 92.4 Å². The van der Waals surface area contributed by atoms with Gasteiger partial charge in [0.05, 0.1) is 7.11 Å². The molecule has 0 N–H and O–H groups in total. The molecule has 4 aliphatic carbocycles. The van der Waals surface area contributed by atoms with E-state index in [0.717, 1.165) is 0 Å². The van der Waals surface area contributed by atoms with Gasteiger partial charge in [0.2, 0.25) is 0 Å². The minimum absolute atomic E-state index is 0.0494. The van der Waals surface area contributed by atoms with Crippen LogP contribution >= 0.6 is 0 Å². The molecule has 1 nitrogen and oxygen atoms in total. The van der Waals surface area contributed by atoms with Crippen LogP contribution in [0.15, 0.2) is 0 Å². The van der Waals surface area contributed by atoms with Crippen molar-refractivity contribution in [2.24, 2.45) is 0 Å². The minimum Gasteiger partial charge on any atom is -0.493 e. The smallest absolute Gasteiger partial charge is 0.346 e. The van der Waals surface area contributed by atoms with Crippen molar-refractivity contribution in [3.63, 3.8) is 0 Å². The van der Waals surface area contributed by atoms with Crippen molar-refractivity contribution < 1.29 is 70.6 Å². The summed E-state index contributed by atoms with van der Waals surface area (Å²) in [7, 11) is 0.0494. The molecule has 182 valence electrons. The van der Waals surface area contributed by atoms with E-state index in [1.54, 1.807) is 0 Å². The van der Waals surface area contributed by atoms with Crippen molar-refractivity contribution in [2.45, 2.75) is 23.7 Å². The van der Waals surface area contributed by atoms with Crippen molar-refractivity contribution in [1.82, 2.24) is 0 Å². The molecule has 16 heteroatoms. The molecule has 2 aromatic rings. The lowest BCUT2D eigenvalue weighted by Gasteiger charge is -2.34. The Kier molecular flexibility index (Phi) is 5.15. The first-order valence-corrected chi connectivity index (χ1v) is 7.95. The highest BCUT2D eigenvalue weighted by atomic mass is 19.3. The summed E-state index contributed by atoms with van der Waals surface area (Å²) in [5.41, 5.74) is -14.1. The number of hydrogen-bond acceptors (Lipinski definition) is 1. The number of ether oxygens (including phenoxy) is 1. The molecule has 4 bridgehead atoms. The Balaban J connectivity index is 2.78. The second kappa shape index (κ2) is 6.85. The summed E-state index contributed by atoms with van der Waals surface area (Å²) in [6, 6.07) is 0. The quantitative estimate of drug-likeness (QED) is 0.306. The standard InChI is InChI=1S/C17H3F15O/c1-33-13-5-11(23)10(22)4(12(13)24)16(29,30)14(25,26)2-6(18)8(20)3(9(21)7(2)19)15(27,28)17(5,31)32/h1H3. The number of halogens is 15. The Bertz CT molecular complexity index is 1160. The van der Waals surface area contributed by atoms with Gasteiger partial charge in [-0.1, -0.05) is 0 Å². The van der Waals surface area contributed by atoms with Crippen LogP contribution in [0.1, 0.15) is 22.3 Å². The van der Waals surface area contributed by atoms with Crippen LogP contribution in [0.4, 0.5) is 65.9 Å². The lowest BCUT2D eigenvalue weighted by Crippen LogP contribution is -2.44. The highest BCUT2D eigenvalue weighted by molar-refractivity contribution is 5.50. The molecular weight excluding hydrogens is 505 g/mol. The average Bonchev–Trinajstić information content (AvgIpc) is 2.67. The van der Waals surface area contributed by atoms with E-state index in [2.05, 4.69) is 4.74 Å². The SMILES string of the molecule is COc1c(F)c2c(F)c(F)c1C(F)(F)C(F)(F)c1c(F)c(F)c(c(F)c1F)C(F)(F)C2(F)F. The number of alkyl halides is 8. The van der Waals surface area contributed by atoms with Crippen molar-refractivity contribution in [3.8, 4) is 5.75 Å². The second-order valence-electron chi connectivity index (χ2n) is 6.53. The summed E-state index contributed by atoms with van der Waals surface area (Å²) in [5.74, 6) is -54.4. The van der Waals surface area contributed by atoms with Gasteiger partial charge in [0.15, 0.2) is 46.5 Å². The van der Waals surface area contributed by atoms with E-state index in [1.807, 2.05) is 0 Å². The topological polar surface area (TPSA) is 9.23 Å². The van der Waals surface area contributed by atoms with E-state index in [4.69, 9.17) is 0 Å². The van der Waals surface area contributed by atoms with Crippen LogP contribution in [0.3, 0.4) is 0 Å². The Hall–Kier alpha value is -2.81. The van der Waals surface area contributed by atoms with Gasteiger partial charge in [-0.3, -0.25) is 0 Å². The zero-order valence-corrected chi connectivity index (χ0v) is 15.1. The molecule has 0 radical (unpaired) electrons. The van der Waals surface area contributed by atoms with Gasteiger partial charge in [-0.2, -0.15) is 35.1 Å². The Morgan fingerprint density at radius 1 is 0.394 bits per heavy atom. The van der Waals surface area contributed by atoms with Gasteiger partial charge in [-0.05, 0) is 0 Å². The van der Waals surface area contributed by atoms with Crippen molar-refractivity contribution >= 4 is 0 Å². The van der Waals surface area contributed by atoms with Crippen LogP contribution in [0.25, 0.3) is 0 Å². The number of methoxy groups -OCH3 is 1. The maximum absolute atomic E-state index is 14.6. The maximum Gasteiger partial charge on any atom is 0.346 e. The van der Waals surface area contributed by atoms with Crippen molar-refractivity contribution in [2.75, 3.05) is 7.11 Å². The van der Waals surface area contributed by atoms with Crippen LogP contribution in [0, 0.1) is 40.7 Å². The summed E-state index contributed by atoms with van der Waals surface area (Å²) in [6.45, 7) is 0. The normalized spacial score (nSPS) is 19.9. The van der Waals surface area contributed by atoms with Gasteiger partial charge in [0.25, 0.3) is 0 Å².